The molecule has 0 aromatic heterocycles. The fourth-order valence-corrected chi connectivity index (χ4v) is 2.47. The quantitative estimate of drug-likeness (QED) is 0.729. The molecule has 0 saturated carbocycles. The first kappa shape index (κ1) is 12.9. The number of carbonyl (C=O) groups excluding carboxylic acids is 1. The minimum Gasteiger partial charge on any atom is -0.311 e. The summed E-state index contributed by atoms with van der Waals surface area (Å²) < 4.78 is 0. The van der Waals surface area contributed by atoms with Gasteiger partial charge in [0.1, 0.15) is 0 Å². The van der Waals surface area contributed by atoms with E-state index in [4.69, 9.17) is 0 Å². The average Bonchev–Trinajstić information content (AvgIpc) is 2.72. The first-order valence-corrected chi connectivity index (χ1v) is 6.49. The molecular formula is C16H21NO. The van der Waals surface area contributed by atoms with Gasteiger partial charge in [-0.15, -0.1) is 6.58 Å². The van der Waals surface area contributed by atoms with E-state index in [9.17, 15) is 4.79 Å². The van der Waals surface area contributed by atoms with Crippen molar-refractivity contribution in [2.24, 2.45) is 5.41 Å². The molecule has 0 unspecified atom stereocenters. The molecule has 96 valence electrons. The third-order valence-corrected chi connectivity index (χ3v) is 3.33. The Bertz CT molecular complexity index is 482. The second-order valence-electron chi connectivity index (χ2n) is 5.87. The van der Waals surface area contributed by atoms with Crippen LogP contribution < -0.4 is 4.90 Å². The van der Waals surface area contributed by atoms with Gasteiger partial charge in [-0.2, -0.15) is 0 Å². The maximum atomic E-state index is 12.5. The van der Waals surface area contributed by atoms with Gasteiger partial charge in [0.05, 0.1) is 5.69 Å². The Morgan fingerprint density at radius 1 is 1.44 bits per heavy atom. The lowest BCUT2D eigenvalue weighted by Crippen LogP contribution is -2.38. The highest BCUT2D eigenvalue weighted by Crippen LogP contribution is 2.35. The van der Waals surface area contributed by atoms with Crippen molar-refractivity contribution in [3.8, 4) is 0 Å². The van der Waals surface area contributed by atoms with Crippen molar-refractivity contribution in [1.82, 2.24) is 0 Å². The number of anilines is 1. The van der Waals surface area contributed by atoms with Crippen LogP contribution in [0.5, 0.6) is 0 Å². The largest absolute Gasteiger partial charge is 0.311 e. The SMILES string of the molecule is C=CCc1cccc2c1N(C(=O)C(C)(C)C)CC2. The van der Waals surface area contributed by atoms with E-state index >= 15 is 0 Å². The van der Waals surface area contributed by atoms with Gasteiger partial charge in [0.2, 0.25) is 5.91 Å². The summed E-state index contributed by atoms with van der Waals surface area (Å²) in [6.45, 7) is 10.5. The zero-order valence-corrected chi connectivity index (χ0v) is 11.5. The molecule has 0 atom stereocenters. The summed E-state index contributed by atoms with van der Waals surface area (Å²) >= 11 is 0. The summed E-state index contributed by atoms with van der Waals surface area (Å²) in [5.74, 6) is 0.206. The van der Waals surface area contributed by atoms with Crippen LogP contribution in [0.15, 0.2) is 30.9 Å². The molecule has 1 amide bonds. The summed E-state index contributed by atoms with van der Waals surface area (Å²) in [4.78, 5) is 14.4. The van der Waals surface area contributed by atoms with E-state index in [-0.39, 0.29) is 11.3 Å². The van der Waals surface area contributed by atoms with Crippen molar-refractivity contribution in [3.05, 3.63) is 42.0 Å². The number of allylic oxidation sites excluding steroid dienone is 1. The van der Waals surface area contributed by atoms with Gasteiger partial charge in [-0.25, -0.2) is 0 Å². The van der Waals surface area contributed by atoms with Gasteiger partial charge in [-0.3, -0.25) is 4.79 Å². The van der Waals surface area contributed by atoms with Gasteiger partial charge in [-0.05, 0) is 24.0 Å². The van der Waals surface area contributed by atoms with Crippen molar-refractivity contribution in [2.75, 3.05) is 11.4 Å². The van der Waals surface area contributed by atoms with E-state index in [0.29, 0.717) is 0 Å². The van der Waals surface area contributed by atoms with Crippen LogP contribution in [0.25, 0.3) is 0 Å². The van der Waals surface area contributed by atoms with Crippen LogP contribution in [-0.2, 0) is 17.6 Å². The van der Waals surface area contributed by atoms with Gasteiger partial charge < -0.3 is 4.90 Å². The average molecular weight is 243 g/mol. The minimum atomic E-state index is -0.330. The summed E-state index contributed by atoms with van der Waals surface area (Å²) in [7, 11) is 0. The molecule has 1 heterocycles. The van der Waals surface area contributed by atoms with E-state index in [0.717, 1.165) is 25.1 Å². The van der Waals surface area contributed by atoms with Crippen molar-refractivity contribution >= 4 is 11.6 Å². The minimum absolute atomic E-state index is 0.206. The molecule has 0 saturated heterocycles. The van der Waals surface area contributed by atoms with E-state index in [2.05, 4.69) is 24.8 Å². The molecule has 0 spiro atoms. The Labute approximate surface area is 109 Å². The molecule has 1 aliphatic rings. The number of hydrogen-bond acceptors (Lipinski definition) is 1. The van der Waals surface area contributed by atoms with E-state index in [1.807, 2.05) is 31.7 Å². The number of hydrogen-bond donors (Lipinski definition) is 0. The third kappa shape index (κ3) is 2.20. The van der Waals surface area contributed by atoms with Crippen LogP contribution >= 0.6 is 0 Å². The lowest BCUT2D eigenvalue weighted by atomic mass is 9.94. The second-order valence-corrected chi connectivity index (χ2v) is 5.87. The standard InChI is InChI=1S/C16H21NO/c1-5-7-12-8-6-9-13-10-11-17(14(12)13)15(18)16(2,3)4/h5-6,8-9H,1,7,10-11H2,2-4H3. The number of rotatable bonds is 2. The summed E-state index contributed by atoms with van der Waals surface area (Å²) in [5, 5.41) is 0. The zero-order chi connectivity index (χ0) is 13.3. The lowest BCUT2D eigenvalue weighted by Gasteiger charge is -2.27. The van der Waals surface area contributed by atoms with E-state index in [1.54, 1.807) is 0 Å². The van der Waals surface area contributed by atoms with Crippen LogP contribution in [0.3, 0.4) is 0 Å². The fraction of sp³-hybridized carbons (Fsp3) is 0.438. The molecule has 0 radical (unpaired) electrons. The highest BCUT2D eigenvalue weighted by Gasteiger charge is 2.33. The molecule has 2 heteroatoms. The number of carbonyl (C=O) groups is 1. The topological polar surface area (TPSA) is 20.3 Å². The molecule has 0 N–H and O–H groups in total. The Morgan fingerprint density at radius 2 is 2.17 bits per heavy atom. The molecule has 0 fully saturated rings. The van der Waals surface area contributed by atoms with Gasteiger partial charge in [0.25, 0.3) is 0 Å². The highest BCUT2D eigenvalue weighted by molar-refractivity contribution is 5.99. The smallest absolute Gasteiger partial charge is 0.232 e. The molecule has 1 aliphatic heterocycles. The van der Waals surface area contributed by atoms with E-state index < -0.39 is 0 Å². The van der Waals surface area contributed by atoms with Gasteiger partial charge in [-0.1, -0.05) is 45.0 Å². The molecule has 1 aromatic rings. The first-order valence-electron chi connectivity index (χ1n) is 6.49. The lowest BCUT2D eigenvalue weighted by molar-refractivity contribution is -0.125. The molecule has 0 aliphatic carbocycles. The first-order chi connectivity index (χ1) is 8.45. The molecule has 2 nitrogen and oxygen atoms in total. The third-order valence-electron chi connectivity index (χ3n) is 3.33. The highest BCUT2D eigenvalue weighted by atomic mass is 16.2. The number of nitrogens with zero attached hydrogens (tertiary/aromatic N) is 1. The Balaban J connectivity index is 2.43. The van der Waals surface area contributed by atoms with Crippen LogP contribution in [0, 0.1) is 5.41 Å². The van der Waals surface area contributed by atoms with E-state index in [1.165, 1.54) is 11.1 Å². The summed E-state index contributed by atoms with van der Waals surface area (Å²) in [6, 6.07) is 6.29. The van der Waals surface area contributed by atoms with Crippen molar-refractivity contribution in [3.63, 3.8) is 0 Å². The van der Waals surface area contributed by atoms with Crippen molar-refractivity contribution in [2.45, 2.75) is 33.6 Å². The molecule has 18 heavy (non-hydrogen) atoms. The van der Waals surface area contributed by atoms with Gasteiger partial charge >= 0.3 is 0 Å². The molecule has 1 aromatic carbocycles. The maximum absolute atomic E-state index is 12.5. The van der Waals surface area contributed by atoms with Crippen LogP contribution in [0.1, 0.15) is 31.9 Å². The Kier molecular flexibility index (Phi) is 3.29. The normalized spacial score (nSPS) is 14.5. The fourth-order valence-electron chi connectivity index (χ4n) is 2.47. The Hall–Kier alpha value is -1.57. The predicted octanol–water partition coefficient (Wildman–Crippen LogP) is 3.35. The van der Waals surface area contributed by atoms with Gasteiger partial charge in [0, 0.05) is 12.0 Å². The van der Waals surface area contributed by atoms with Crippen molar-refractivity contribution in [1.29, 1.82) is 0 Å². The molecule has 2 rings (SSSR count). The van der Waals surface area contributed by atoms with Crippen LogP contribution in [0.2, 0.25) is 0 Å². The predicted molar refractivity (Wildman–Crippen MR) is 75.9 cm³/mol. The number of amides is 1. The molecule has 0 bridgehead atoms. The zero-order valence-electron chi connectivity index (χ0n) is 11.5. The second kappa shape index (κ2) is 4.60. The van der Waals surface area contributed by atoms with Crippen LogP contribution in [-0.4, -0.2) is 12.5 Å². The number of fused-ring (bicyclic) bond motifs is 1. The van der Waals surface area contributed by atoms with Gasteiger partial charge in [0.15, 0.2) is 0 Å². The Morgan fingerprint density at radius 3 is 2.78 bits per heavy atom. The van der Waals surface area contributed by atoms with Crippen LogP contribution in [0.4, 0.5) is 5.69 Å². The molecular weight excluding hydrogens is 222 g/mol. The number of para-hydroxylation sites is 1. The summed E-state index contributed by atoms with van der Waals surface area (Å²) in [6.07, 6.45) is 3.67. The maximum Gasteiger partial charge on any atom is 0.232 e. The number of benzene rings is 1. The monoisotopic (exact) mass is 243 g/mol. The van der Waals surface area contributed by atoms with Crippen molar-refractivity contribution < 1.29 is 4.79 Å². The summed E-state index contributed by atoms with van der Waals surface area (Å²) in [5.41, 5.74) is 3.28.